The van der Waals surface area contributed by atoms with Crippen LogP contribution >= 0.6 is 11.6 Å². The van der Waals surface area contributed by atoms with E-state index in [-0.39, 0.29) is 5.91 Å². The van der Waals surface area contributed by atoms with Crippen LogP contribution in [0.15, 0.2) is 24.4 Å². The van der Waals surface area contributed by atoms with Crippen LogP contribution in [0.4, 0.5) is 0 Å². The number of nitrogens with zero attached hydrogens (tertiary/aromatic N) is 1. The molecule has 1 aromatic carbocycles. The summed E-state index contributed by atoms with van der Waals surface area (Å²) in [6.07, 6.45) is 5.40. The largest absolute Gasteiger partial charge is 0.361 e. The molecule has 3 nitrogen and oxygen atoms in total. The molecule has 1 aliphatic heterocycles. The van der Waals surface area contributed by atoms with Gasteiger partial charge in [-0.05, 0) is 56.9 Å². The summed E-state index contributed by atoms with van der Waals surface area (Å²) in [5.41, 5.74) is 1.50. The highest BCUT2D eigenvalue weighted by molar-refractivity contribution is 6.31. The van der Waals surface area contributed by atoms with Gasteiger partial charge in [0, 0.05) is 35.2 Å². The lowest BCUT2D eigenvalue weighted by atomic mass is 9.82. The molecule has 1 N–H and O–H groups in total. The summed E-state index contributed by atoms with van der Waals surface area (Å²) in [5, 5.41) is 1.74. The zero-order valence-electron chi connectivity index (χ0n) is 12.6. The summed E-state index contributed by atoms with van der Waals surface area (Å²) in [6, 6.07) is 5.76. The average molecular weight is 305 g/mol. The number of hydrogen-bond acceptors (Lipinski definition) is 1. The highest BCUT2D eigenvalue weighted by atomic mass is 35.5. The summed E-state index contributed by atoms with van der Waals surface area (Å²) >= 11 is 6.12. The Labute approximate surface area is 130 Å². The van der Waals surface area contributed by atoms with Gasteiger partial charge in [-0.25, -0.2) is 0 Å². The fraction of sp³-hybridized carbons (Fsp3) is 0.471. The predicted octanol–water partition coefficient (Wildman–Crippen LogP) is 4.11. The maximum Gasteiger partial charge on any atom is 0.232 e. The van der Waals surface area contributed by atoms with Gasteiger partial charge >= 0.3 is 0 Å². The number of aromatic nitrogens is 1. The van der Waals surface area contributed by atoms with Gasteiger partial charge < -0.3 is 9.88 Å². The van der Waals surface area contributed by atoms with Gasteiger partial charge in [0.05, 0.1) is 5.41 Å². The first kappa shape index (κ1) is 14.5. The normalized spacial score (nSPS) is 16.4. The molecular weight excluding hydrogens is 284 g/mol. The van der Waals surface area contributed by atoms with E-state index >= 15 is 0 Å². The second-order valence-electron chi connectivity index (χ2n) is 6.37. The summed E-state index contributed by atoms with van der Waals surface area (Å²) < 4.78 is 0. The number of nitrogens with one attached hydrogen (secondary N) is 1. The Balaban J connectivity index is 1.99. The molecule has 21 heavy (non-hydrogen) atoms. The molecular formula is C17H21ClN2O. The molecule has 3 rings (SSSR count). The van der Waals surface area contributed by atoms with Crippen LogP contribution in [0.1, 0.15) is 38.7 Å². The Kier molecular flexibility index (Phi) is 3.70. The molecule has 0 radical (unpaired) electrons. The molecule has 0 atom stereocenters. The number of aromatic amines is 1. The third kappa shape index (κ3) is 2.55. The van der Waals surface area contributed by atoms with E-state index in [0.29, 0.717) is 5.02 Å². The first-order chi connectivity index (χ1) is 10.00. The van der Waals surface area contributed by atoms with Crippen molar-refractivity contribution in [2.75, 3.05) is 13.1 Å². The minimum atomic E-state index is -0.541. The second-order valence-corrected chi connectivity index (χ2v) is 6.81. The minimum absolute atomic E-state index is 0.211. The fourth-order valence-electron chi connectivity index (χ4n) is 3.22. The van der Waals surface area contributed by atoms with Crippen LogP contribution in [-0.2, 0) is 10.2 Å². The van der Waals surface area contributed by atoms with Crippen molar-refractivity contribution in [1.82, 2.24) is 9.88 Å². The first-order valence-corrected chi connectivity index (χ1v) is 7.94. The van der Waals surface area contributed by atoms with Crippen LogP contribution in [0.2, 0.25) is 5.02 Å². The molecule has 2 aromatic rings. The molecule has 112 valence electrons. The number of halogens is 1. The van der Waals surface area contributed by atoms with Crippen molar-refractivity contribution in [3.63, 3.8) is 0 Å². The number of likely N-dealkylation sites (tertiary alicyclic amines) is 1. The number of amides is 1. The Hall–Kier alpha value is -1.48. The number of piperidine rings is 1. The molecule has 2 heterocycles. The summed E-state index contributed by atoms with van der Waals surface area (Å²) in [4.78, 5) is 18.2. The molecule has 1 aliphatic rings. The molecule has 4 heteroatoms. The monoisotopic (exact) mass is 304 g/mol. The van der Waals surface area contributed by atoms with E-state index in [0.717, 1.165) is 42.4 Å². The summed E-state index contributed by atoms with van der Waals surface area (Å²) in [5.74, 6) is 0.211. The van der Waals surface area contributed by atoms with Gasteiger partial charge in [-0.15, -0.1) is 0 Å². The number of carbonyl (C=O) groups is 1. The molecule has 0 saturated carbocycles. The van der Waals surface area contributed by atoms with Crippen molar-refractivity contribution in [3.05, 3.63) is 35.0 Å². The lowest BCUT2D eigenvalue weighted by Gasteiger charge is -2.34. The van der Waals surface area contributed by atoms with Crippen molar-refractivity contribution in [1.29, 1.82) is 0 Å². The zero-order valence-corrected chi connectivity index (χ0v) is 13.3. The number of benzene rings is 1. The van der Waals surface area contributed by atoms with Crippen LogP contribution in [0, 0.1) is 0 Å². The van der Waals surface area contributed by atoms with Crippen molar-refractivity contribution in [2.24, 2.45) is 0 Å². The van der Waals surface area contributed by atoms with E-state index in [2.05, 4.69) is 4.98 Å². The van der Waals surface area contributed by atoms with E-state index < -0.39 is 5.41 Å². The van der Waals surface area contributed by atoms with E-state index in [4.69, 9.17) is 11.6 Å². The maximum atomic E-state index is 12.9. The standard InChI is InChI=1S/C17H21ClN2O/c1-17(2,16(21)20-8-4-3-5-9-20)14-11-19-15-7-6-12(18)10-13(14)15/h6-7,10-11,19H,3-5,8-9H2,1-2H3. The zero-order chi connectivity index (χ0) is 15.0. The van der Waals surface area contributed by atoms with Gasteiger partial charge in [0.15, 0.2) is 0 Å². The molecule has 1 aromatic heterocycles. The van der Waals surface area contributed by atoms with Crippen molar-refractivity contribution >= 4 is 28.4 Å². The fourth-order valence-corrected chi connectivity index (χ4v) is 3.39. The second kappa shape index (κ2) is 5.38. The minimum Gasteiger partial charge on any atom is -0.361 e. The average Bonchev–Trinajstić information content (AvgIpc) is 2.91. The third-order valence-electron chi connectivity index (χ3n) is 4.50. The number of fused-ring (bicyclic) bond motifs is 1. The number of carbonyl (C=O) groups excluding carboxylic acids is 1. The Morgan fingerprint density at radius 2 is 1.95 bits per heavy atom. The van der Waals surface area contributed by atoms with Crippen molar-refractivity contribution < 1.29 is 4.79 Å². The van der Waals surface area contributed by atoms with E-state index in [1.54, 1.807) is 0 Å². The number of hydrogen-bond donors (Lipinski definition) is 1. The van der Waals surface area contributed by atoms with Gasteiger partial charge in [-0.2, -0.15) is 0 Å². The quantitative estimate of drug-likeness (QED) is 0.890. The number of rotatable bonds is 2. The Morgan fingerprint density at radius 3 is 2.67 bits per heavy atom. The molecule has 1 saturated heterocycles. The molecule has 1 amide bonds. The van der Waals surface area contributed by atoms with Gasteiger partial charge in [0.25, 0.3) is 0 Å². The Bertz CT molecular complexity index is 668. The SMILES string of the molecule is CC(C)(C(=O)N1CCCCC1)c1c[nH]c2ccc(Cl)cc12. The van der Waals surface area contributed by atoms with Gasteiger partial charge in [0.2, 0.25) is 5.91 Å². The van der Waals surface area contributed by atoms with Crippen LogP contribution in [0.3, 0.4) is 0 Å². The maximum absolute atomic E-state index is 12.9. The molecule has 0 spiro atoms. The highest BCUT2D eigenvalue weighted by Gasteiger charge is 2.36. The third-order valence-corrected chi connectivity index (χ3v) is 4.73. The molecule has 0 unspecified atom stereocenters. The van der Waals surface area contributed by atoms with E-state index in [9.17, 15) is 4.79 Å². The smallest absolute Gasteiger partial charge is 0.232 e. The van der Waals surface area contributed by atoms with Crippen molar-refractivity contribution in [3.8, 4) is 0 Å². The number of H-pyrrole nitrogens is 1. The first-order valence-electron chi connectivity index (χ1n) is 7.56. The molecule has 1 fully saturated rings. The molecule has 0 aliphatic carbocycles. The lowest BCUT2D eigenvalue weighted by molar-refractivity contribution is -0.137. The molecule has 0 bridgehead atoms. The predicted molar refractivity (Wildman–Crippen MR) is 86.8 cm³/mol. The van der Waals surface area contributed by atoms with Crippen LogP contribution in [0.25, 0.3) is 10.9 Å². The van der Waals surface area contributed by atoms with E-state index in [1.807, 2.05) is 43.1 Å². The van der Waals surface area contributed by atoms with Crippen LogP contribution in [-0.4, -0.2) is 28.9 Å². The van der Waals surface area contributed by atoms with Gasteiger partial charge in [0.1, 0.15) is 0 Å². The topological polar surface area (TPSA) is 36.1 Å². The van der Waals surface area contributed by atoms with Gasteiger partial charge in [-0.1, -0.05) is 11.6 Å². The van der Waals surface area contributed by atoms with Gasteiger partial charge in [-0.3, -0.25) is 4.79 Å². The van der Waals surface area contributed by atoms with E-state index in [1.165, 1.54) is 6.42 Å². The Morgan fingerprint density at radius 1 is 1.24 bits per heavy atom. The highest BCUT2D eigenvalue weighted by Crippen LogP contribution is 2.34. The lowest BCUT2D eigenvalue weighted by Crippen LogP contribution is -2.45. The van der Waals surface area contributed by atoms with Crippen molar-refractivity contribution in [2.45, 2.75) is 38.5 Å². The summed E-state index contributed by atoms with van der Waals surface area (Å²) in [7, 11) is 0. The summed E-state index contributed by atoms with van der Waals surface area (Å²) in [6.45, 7) is 5.78. The van der Waals surface area contributed by atoms with Crippen LogP contribution < -0.4 is 0 Å². The van der Waals surface area contributed by atoms with Crippen LogP contribution in [0.5, 0.6) is 0 Å².